The quantitative estimate of drug-likeness (QED) is 0.783. The number of nitrogens with one attached hydrogen (secondary N) is 1. The fourth-order valence-corrected chi connectivity index (χ4v) is 2.76. The zero-order valence-electron chi connectivity index (χ0n) is 9.37. The second-order valence-corrected chi connectivity index (χ2v) is 5.38. The first-order valence-corrected chi connectivity index (χ1v) is 6.92. The van der Waals surface area contributed by atoms with Crippen molar-refractivity contribution >= 4 is 38.5 Å². The van der Waals surface area contributed by atoms with Crippen LogP contribution in [0.2, 0.25) is 0 Å². The number of H-pyrrole nitrogens is 1. The van der Waals surface area contributed by atoms with Crippen LogP contribution in [0.3, 0.4) is 0 Å². The molecule has 0 saturated carbocycles. The lowest BCUT2D eigenvalue weighted by Gasteiger charge is -1.92. The number of benzene rings is 1. The highest BCUT2D eigenvalue weighted by molar-refractivity contribution is 9.10. The summed E-state index contributed by atoms with van der Waals surface area (Å²) >= 11 is 4.44. The number of nitrogens with zero attached hydrogens (tertiary/aromatic N) is 3. The molecule has 0 atom stereocenters. The van der Waals surface area contributed by atoms with Gasteiger partial charge in [0.15, 0.2) is 5.82 Å². The Kier molecular flexibility index (Phi) is 2.87. The molecule has 4 nitrogen and oxygen atoms in total. The van der Waals surface area contributed by atoms with E-state index in [1.165, 1.54) is 17.6 Å². The molecule has 18 heavy (non-hydrogen) atoms. The highest BCUT2D eigenvalue weighted by Gasteiger charge is 2.14. The fraction of sp³-hybridized carbons (Fsp3) is 0.182. The van der Waals surface area contributed by atoms with Gasteiger partial charge in [-0.3, -0.25) is 0 Å². The first-order valence-electron chi connectivity index (χ1n) is 5.35. The van der Waals surface area contributed by atoms with E-state index < -0.39 is 0 Å². The van der Waals surface area contributed by atoms with Crippen LogP contribution < -0.4 is 0 Å². The summed E-state index contributed by atoms with van der Waals surface area (Å²) in [5, 5.41) is 4.04. The van der Waals surface area contributed by atoms with E-state index in [1.54, 1.807) is 6.07 Å². The molecule has 0 aliphatic heterocycles. The number of aromatic nitrogens is 4. The molecule has 7 heteroatoms. The molecule has 0 aliphatic carbocycles. The van der Waals surface area contributed by atoms with Gasteiger partial charge in [0.05, 0.1) is 21.2 Å². The molecule has 2 aromatic heterocycles. The van der Waals surface area contributed by atoms with E-state index in [1.807, 2.05) is 6.92 Å². The molecule has 0 unspecified atom stereocenters. The number of rotatable bonds is 2. The molecule has 3 aromatic rings. The summed E-state index contributed by atoms with van der Waals surface area (Å²) in [5.41, 5.74) is 2.29. The molecule has 0 spiro atoms. The predicted octanol–water partition coefficient (Wildman–Crippen LogP) is 3.55. The first-order chi connectivity index (χ1) is 8.69. The monoisotopic (exact) mass is 326 g/mol. The maximum Gasteiger partial charge on any atom is 0.152 e. The number of fused-ring (bicyclic) bond motifs is 1. The van der Waals surface area contributed by atoms with Crippen LogP contribution in [0.5, 0.6) is 0 Å². The van der Waals surface area contributed by atoms with Crippen molar-refractivity contribution < 1.29 is 4.39 Å². The largest absolute Gasteiger partial charge is 0.337 e. The second-order valence-electron chi connectivity index (χ2n) is 3.77. The van der Waals surface area contributed by atoms with Gasteiger partial charge in [0.2, 0.25) is 0 Å². The van der Waals surface area contributed by atoms with Gasteiger partial charge in [-0.1, -0.05) is 11.4 Å². The third-order valence-electron chi connectivity index (χ3n) is 2.63. The Morgan fingerprint density at radius 2 is 2.28 bits per heavy atom. The lowest BCUT2D eigenvalue weighted by molar-refractivity contribution is 0.623. The molecule has 0 aliphatic rings. The molecule has 0 amide bonds. The van der Waals surface area contributed by atoms with Crippen molar-refractivity contribution in [2.24, 2.45) is 0 Å². The van der Waals surface area contributed by atoms with Crippen molar-refractivity contribution in [3.8, 4) is 10.7 Å². The van der Waals surface area contributed by atoms with Gasteiger partial charge in [0.1, 0.15) is 10.7 Å². The van der Waals surface area contributed by atoms with Crippen molar-refractivity contribution in [3.63, 3.8) is 0 Å². The zero-order chi connectivity index (χ0) is 12.7. The number of imidazole rings is 1. The molecule has 92 valence electrons. The highest BCUT2D eigenvalue weighted by Crippen LogP contribution is 2.28. The van der Waals surface area contributed by atoms with E-state index in [9.17, 15) is 4.39 Å². The van der Waals surface area contributed by atoms with Gasteiger partial charge in [-0.05, 0) is 39.9 Å². The van der Waals surface area contributed by atoms with Gasteiger partial charge >= 0.3 is 0 Å². The average molecular weight is 327 g/mol. The van der Waals surface area contributed by atoms with Crippen LogP contribution in [0.4, 0.5) is 4.39 Å². The lowest BCUT2D eigenvalue weighted by atomic mass is 10.3. The Bertz CT molecular complexity index is 682. The summed E-state index contributed by atoms with van der Waals surface area (Å²) in [6.07, 6.45) is 0.793. The van der Waals surface area contributed by atoms with E-state index in [2.05, 4.69) is 35.5 Å². The van der Waals surface area contributed by atoms with Gasteiger partial charge in [-0.25, -0.2) is 9.37 Å². The number of aromatic amines is 1. The number of aryl methyl sites for hydroxylation is 1. The Balaban J connectivity index is 2.19. The van der Waals surface area contributed by atoms with Crippen LogP contribution in [0.25, 0.3) is 21.7 Å². The first kappa shape index (κ1) is 11.7. The Morgan fingerprint density at radius 1 is 1.44 bits per heavy atom. The summed E-state index contributed by atoms with van der Waals surface area (Å²) in [7, 11) is 0. The standard InChI is InChI=1S/C11H8BrFN4S/c1-2-7-10(18-17-16-7)11-14-8-3-5(12)6(13)4-9(8)15-11/h3-4H,2H2,1H3,(H,14,15). The van der Waals surface area contributed by atoms with Crippen molar-refractivity contribution in [3.05, 3.63) is 28.1 Å². The minimum atomic E-state index is -0.309. The van der Waals surface area contributed by atoms with Crippen LogP contribution in [0.15, 0.2) is 16.6 Å². The smallest absolute Gasteiger partial charge is 0.152 e. The molecular formula is C11H8BrFN4S. The maximum absolute atomic E-state index is 13.4. The van der Waals surface area contributed by atoms with Gasteiger partial charge in [-0.2, -0.15) is 0 Å². The number of hydrogen-bond acceptors (Lipinski definition) is 4. The molecule has 1 aromatic carbocycles. The normalized spacial score (nSPS) is 11.3. The molecule has 3 rings (SSSR count). The molecular weight excluding hydrogens is 319 g/mol. The van der Waals surface area contributed by atoms with Crippen LogP contribution in [0.1, 0.15) is 12.6 Å². The average Bonchev–Trinajstić information content (AvgIpc) is 2.95. The summed E-state index contributed by atoms with van der Waals surface area (Å²) in [6, 6.07) is 3.08. The van der Waals surface area contributed by atoms with E-state index >= 15 is 0 Å². The summed E-state index contributed by atoms with van der Waals surface area (Å²) in [4.78, 5) is 8.45. The third kappa shape index (κ3) is 1.83. The highest BCUT2D eigenvalue weighted by atomic mass is 79.9. The SMILES string of the molecule is CCc1nnsc1-c1nc2cc(Br)c(F)cc2[nH]1. The van der Waals surface area contributed by atoms with Gasteiger partial charge < -0.3 is 4.98 Å². The third-order valence-corrected chi connectivity index (χ3v) is 4.01. The Morgan fingerprint density at radius 3 is 3.06 bits per heavy atom. The van der Waals surface area contributed by atoms with Gasteiger partial charge in [0, 0.05) is 6.07 Å². The second kappa shape index (κ2) is 4.40. The fourth-order valence-electron chi connectivity index (χ4n) is 1.73. The topological polar surface area (TPSA) is 54.5 Å². The van der Waals surface area contributed by atoms with Crippen LogP contribution in [-0.2, 0) is 6.42 Å². The summed E-state index contributed by atoms with van der Waals surface area (Å²) < 4.78 is 17.8. The molecule has 2 heterocycles. The van der Waals surface area contributed by atoms with Crippen LogP contribution in [-0.4, -0.2) is 19.6 Å². The van der Waals surface area contributed by atoms with Crippen molar-refractivity contribution in [2.45, 2.75) is 13.3 Å². The molecule has 0 fully saturated rings. The zero-order valence-corrected chi connectivity index (χ0v) is 11.8. The molecule has 0 saturated heterocycles. The molecule has 0 radical (unpaired) electrons. The maximum atomic E-state index is 13.4. The van der Waals surface area contributed by atoms with Crippen molar-refractivity contribution in [2.75, 3.05) is 0 Å². The van der Waals surface area contributed by atoms with Crippen molar-refractivity contribution in [1.82, 2.24) is 19.6 Å². The van der Waals surface area contributed by atoms with E-state index in [-0.39, 0.29) is 5.82 Å². The molecule has 0 bridgehead atoms. The van der Waals surface area contributed by atoms with Crippen molar-refractivity contribution in [1.29, 1.82) is 0 Å². The van der Waals surface area contributed by atoms with Crippen LogP contribution >= 0.6 is 27.5 Å². The number of hydrogen-bond donors (Lipinski definition) is 1. The van der Waals surface area contributed by atoms with Gasteiger partial charge in [0.25, 0.3) is 0 Å². The van der Waals surface area contributed by atoms with Crippen LogP contribution in [0, 0.1) is 5.82 Å². The molecule has 1 N–H and O–H groups in total. The Labute approximate surface area is 115 Å². The number of halogens is 2. The summed E-state index contributed by atoms with van der Waals surface area (Å²) in [5.74, 6) is 0.380. The van der Waals surface area contributed by atoms with E-state index in [0.29, 0.717) is 21.3 Å². The lowest BCUT2D eigenvalue weighted by Crippen LogP contribution is -1.85. The van der Waals surface area contributed by atoms with Gasteiger partial charge in [-0.15, -0.1) is 5.10 Å². The Hall–Kier alpha value is -1.34. The van der Waals surface area contributed by atoms with E-state index in [4.69, 9.17) is 0 Å². The summed E-state index contributed by atoms with van der Waals surface area (Å²) in [6.45, 7) is 2.01. The van der Waals surface area contributed by atoms with E-state index in [0.717, 1.165) is 17.0 Å². The minimum absolute atomic E-state index is 0.309. The predicted molar refractivity (Wildman–Crippen MR) is 72.0 cm³/mol. The minimum Gasteiger partial charge on any atom is -0.337 e.